The molecule has 7 heteroatoms. The molecule has 0 aromatic heterocycles. The molecular weight excluding hydrogens is 412 g/mol. The van der Waals surface area contributed by atoms with Crippen LogP contribution < -0.4 is 18.9 Å². The molecule has 0 saturated heterocycles. The SMILES string of the molecule is CCCCCCCCCOc1c(O)c(C(=O)O)c(OCCC)c(OCCC)c1OCCC. The maximum atomic E-state index is 12.0. The van der Waals surface area contributed by atoms with Gasteiger partial charge in [-0.15, -0.1) is 0 Å². The zero-order chi connectivity index (χ0) is 23.8. The van der Waals surface area contributed by atoms with E-state index in [-0.39, 0.29) is 35.2 Å². The summed E-state index contributed by atoms with van der Waals surface area (Å²) in [5.74, 6) is -1.41. The van der Waals surface area contributed by atoms with Crippen molar-refractivity contribution in [2.24, 2.45) is 0 Å². The molecule has 0 amide bonds. The molecule has 184 valence electrons. The van der Waals surface area contributed by atoms with Crippen molar-refractivity contribution in [2.45, 2.75) is 91.9 Å². The number of ether oxygens (including phenoxy) is 4. The smallest absolute Gasteiger partial charge is 0.343 e. The quantitative estimate of drug-likeness (QED) is 0.228. The molecule has 0 radical (unpaired) electrons. The third-order valence-electron chi connectivity index (χ3n) is 4.86. The zero-order valence-electron chi connectivity index (χ0n) is 20.3. The molecule has 2 N–H and O–H groups in total. The van der Waals surface area contributed by atoms with Crippen molar-refractivity contribution < 1.29 is 34.0 Å². The van der Waals surface area contributed by atoms with Gasteiger partial charge >= 0.3 is 5.97 Å². The Morgan fingerprint density at radius 3 is 1.53 bits per heavy atom. The Morgan fingerprint density at radius 2 is 1.03 bits per heavy atom. The fraction of sp³-hybridized carbons (Fsp3) is 0.720. The van der Waals surface area contributed by atoms with E-state index in [0.717, 1.165) is 32.1 Å². The molecule has 0 aliphatic carbocycles. The molecule has 0 aliphatic heterocycles. The van der Waals surface area contributed by atoms with Crippen LogP contribution >= 0.6 is 0 Å². The number of carboxylic acids is 1. The van der Waals surface area contributed by atoms with E-state index in [1.807, 2.05) is 20.8 Å². The normalized spacial score (nSPS) is 10.8. The average Bonchev–Trinajstić information content (AvgIpc) is 2.77. The largest absolute Gasteiger partial charge is 0.503 e. The van der Waals surface area contributed by atoms with Crippen molar-refractivity contribution in [1.82, 2.24) is 0 Å². The Hall–Kier alpha value is -2.31. The molecule has 7 nitrogen and oxygen atoms in total. The second-order valence-corrected chi connectivity index (χ2v) is 7.86. The van der Waals surface area contributed by atoms with Gasteiger partial charge in [-0.1, -0.05) is 66.2 Å². The molecular formula is C25H42O7. The lowest BCUT2D eigenvalue weighted by atomic mass is 10.1. The molecule has 1 rings (SSSR count). The number of phenols is 1. The highest BCUT2D eigenvalue weighted by Crippen LogP contribution is 2.53. The van der Waals surface area contributed by atoms with Gasteiger partial charge in [0.25, 0.3) is 0 Å². The van der Waals surface area contributed by atoms with Gasteiger partial charge in [0.1, 0.15) is 0 Å². The number of benzene rings is 1. The van der Waals surface area contributed by atoms with Crippen LogP contribution in [0.5, 0.6) is 28.7 Å². The summed E-state index contributed by atoms with van der Waals surface area (Å²) < 4.78 is 23.4. The summed E-state index contributed by atoms with van der Waals surface area (Å²) in [4.78, 5) is 12.0. The highest BCUT2D eigenvalue weighted by atomic mass is 16.6. The van der Waals surface area contributed by atoms with E-state index >= 15 is 0 Å². The van der Waals surface area contributed by atoms with Crippen LogP contribution in [0.3, 0.4) is 0 Å². The van der Waals surface area contributed by atoms with Gasteiger partial charge in [0.05, 0.1) is 26.4 Å². The second kappa shape index (κ2) is 16.3. The van der Waals surface area contributed by atoms with Gasteiger partial charge in [-0.25, -0.2) is 4.79 Å². The fourth-order valence-electron chi connectivity index (χ4n) is 3.23. The maximum absolute atomic E-state index is 12.0. The molecule has 0 saturated carbocycles. The van der Waals surface area contributed by atoms with Crippen LogP contribution in [-0.4, -0.2) is 42.6 Å². The molecule has 0 aliphatic rings. The number of unbranched alkanes of at least 4 members (excludes halogenated alkanes) is 6. The van der Waals surface area contributed by atoms with Crippen LogP contribution in [0.4, 0.5) is 0 Å². The third kappa shape index (κ3) is 8.67. The molecule has 0 unspecified atom stereocenters. The number of rotatable bonds is 19. The van der Waals surface area contributed by atoms with E-state index in [9.17, 15) is 15.0 Å². The fourth-order valence-corrected chi connectivity index (χ4v) is 3.23. The minimum Gasteiger partial charge on any atom is -0.503 e. The molecule has 1 aromatic rings. The Balaban J connectivity index is 3.21. The monoisotopic (exact) mass is 454 g/mol. The standard InChI is InChI=1S/C25H42O7/c1-5-9-10-11-12-13-14-18-32-22-20(26)19(25(27)28)21(29-15-6-2)23(30-16-7-3)24(22)31-17-8-4/h26H,5-18H2,1-4H3,(H,27,28). The van der Waals surface area contributed by atoms with Gasteiger partial charge in [0.2, 0.25) is 17.2 Å². The molecule has 0 spiro atoms. The highest BCUT2D eigenvalue weighted by molar-refractivity contribution is 5.97. The summed E-state index contributed by atoms with van der Waals surface area (Å²) in [5.41, 5.74) is -0.358. The number of aromatic carboxylic acids is 1. The van der Waals surface area contributed by atoms with Crippen LogP contribution in [0.25, 0.3) is 0 Å². The van der Waals surface area contributed by atoms with Crippen molar-refractivity contribution in [3.63, 3.8) is 0 Å². The lowest BCUT2D eigenvalue weighted by molar-refractivity contribution is 0.0685. The van der Waals surface area contributed by atoms with Crippen molar-refractivity contribution in [3.05, 3.63) is 5.56 Å². The first-order valence-corrected chi connectivity index (χ1v) is 12.2. The van der Waals surface area contributed by atoms with Gasteiger partial charge in [0.15, 0.2) is 17.1 Å². The van der Waals surface area contributed by atoms with Gasteiger partial charge in [0, 0.05) is 0 Å². The van der Waals surface area contributed by atoms with Crippen molar-refractivity contribution >= 4 is 5.97 Å². The van der Waals surface area contributed by atoms with E-state index in [0.29, 0.717) is 26.2 Å². The lowest BCUT2D eigenvalue weighted by Gasteiger charge is -2.22. The Morgan fingerprint density at radius 1 is 0.594 bits per heavy atom. The summed E-state index contributed by atoms with van der Waals surface area (Å²) in [6.07, 6.45) is 9.99. The second-order valence-electron chi connectivity index (χ2n) is 7.86. The summed E-state index contributed by atoms with van der Waals surface area (Å²) in [7, 11) is 0. The number of carboxylic acid groups (broad SMARTS) is 1. The van der Waals surface area contributed by atoms with Crippen LogP contribution in [-0.2, 0) is 0 Å². The molecule has 0 bridgehead atoms. The van der Waals surface area contributed by atoms with Gasteiger partial charge in [-0.05, 0) is 25.7 Å². The molecule has 32 heavy (non-hydrogen) atoms. The van der Waals surface area contributed by atoms with Crippen LogP contribution in [0, 0.1) is 0 Å². The summed E-state index contributed by atoms with van der Waals surface area (Å²) in [5, 5.41) is 20.7. The lowest BCUT2D eigenvalue weighted by Crippen LogP contribution is -2.12. The first kappa shape index (κ1) is 27.7. The molecule has 0 heterocycles. The number of hydrogen-bond donors (Lipinski definition) is 2. The minimum atomic E-state index is -1.31. The topological polar surface area (TPSA) is 94.5 Å². The first-order chi connectivity index (χ1) is 15.5. The predicted octanol–water partition coefficient (Wildman–Crippen LogP) is 6.59. The molecule has 1 aromatic carbocycles. The Bertz CT molecular complexity index is 673. The zero-order valence-corrected chi connectivity index (χ0v) is 20.3. The molecule has 0 fully saturated rings. The van der Waals surface area contributed by atoms with Gasteiger partial charge in [-0.2, -0.15) is 0 Å². The van der Waals surface area contributed by atoms with E-state index < -0.39 is 11.7 Å². The summed E-state index contributed by atoms with van der Waals surface area (Å²) >= 11 is 0. The van der Waals surface area contributed by atoms with Crippen LogP contribution in [0.1, 0.15) is 102 Å². The molecule has 0 atom stereocenters. The number of carbonyl (C=O) groups is 1. The maximum Gasteiger partial charge on any atom is 0.343 e. The first-order valence-electron chi connectivity index (χ1n) is 12.2. The Labute approximate surface area is 193 Å². The van der Waals surface area contributed by atoms with E-state index in [2.05, 4.69) is 6.92 Å². The highest BCUT2D eigenvalue weighted by Gasteiger charge is 2.32. The average molecular weight is 455 g/mol. The van der Waals surface area contributed by atoms with Crippen molar-refractivity contribution in [3.8, 4) is 28.7 Å². The van der Waals surface area contributed by atoms with Crippen LogP contribution in [0.15, 0.2) is 0 Å². The van der Waals surface area contributed by atoms with Crippen molar-refractivity contribution in [2.75, 3.05) is 26.4 Å². The predicted molar refractivity (Wildman–Crippen MR) is 126 cm³/mol. The van der Waals surface area contributed by atoms with Crippen LogP contribution in [0.2, 0.25) is 0 Å². The van der Waals surface area contributed by atoms with Gasteiger partial charge < -0.3 is 29.2 Å². The summed E-state index contributed by atoms with van der Waals surface area (Å²) in [6.45, 7) is 9.39. The summed E-state index contributed by atoms with van der Waals surface area (Å²) in [6, 6.07) is 0. The Kier molecular flexibility index (Phi) is 14.2. The van der Waals surface area contributed by atoms with Crippen molar-refractivity contribution in [1.29, 1.82) is 0 Å². The van der Waals surface area contributed by atoms with E-state index in [4.69, 9.17) is 18.9 Å². The third-order valence-corrected chi connectivity index (χ3v) is 4.86. The number of hydrogen-bond acceptors (Lipinski definition) is 6. The van der Waals surface area contributed by atoms with E-state index in [1.165, 1.54) is 25.7 Å². The minimum absolute atomic E-state index is 0.0109. The van der Waals surface area contributed by atoms with E-state index in [1.54, 1.807) is 0 Å². The van der Waals surface area contributed by atoms with Gasteiger partial charge in [-0.3, -0.25) is 0 Å². The number of aromatic hydroxyl groups is 1.